The van der Waals surface area contributed by atoms with Crippen LogP contribution < -0.4 is 0 Å². The molecule has 2 aliphatic rings. The molecule has 3 aromatic rings. The van der Waals surface area contributed by atoms with Gasteiger partial charge < -0.3 is 9.80 Å². The van der Waals surface area contributed by atoms with E-state index in [1.165, 1.54) is 17.4 Å². The van der Waals surface area contributed by atoms with Gasteiger partial charge in [0, 0.05) is 56.3 Å². The molecule has 0 unspecified atom stereocenters. The minimum absolute atomic E-state index is 0.00645. The van der Waals surface area contributed by atoms with Crippen molar-refractivity contribution in [3.63, 3.8) is 0 Å². The monoisotopic (exact) mass is 498 g/mol. The number of benzene rings is 2. The van der Waals surface area contributed by atoms with Crippen molar-refractivity contribution in [3.8, 4) is 11.1 Å². The molecule has 176 valence electrons. The highest BCUT2D eigenvalue weighted by Gasteiger charge is 2.37. The number of likely N-dealkylation sites (tertiary alicyclic amines) is 1. The van der Waals surface area contributed by atoms with Gasteiger partial charge in [-0.3, -0.25) is 14.5 Å². The second kappa shape index (κ2) is 9.44. The lowest BCUT2D eigenvalue weighted by atomic mass is 9.97. The van der Waals surface area contributed by atoms with Crippen molar-refractivity contribution in [1.29, 1.82) is 0 Å². The first-order chi connectivity index (χ1) is 16.4. The number of hydrogen-bond acceptors (Lipinski definition) is 5. The van der Waals surface area contributed by atoms with Crippen LogP contribution in [0.3, 0.4) is 0 Å². The Bertz CT molecular complexity index is 1220. The Kier molecular flexibility index (Phi) is 6.38. The number of hydrogen-bond donors (Lipinski definition) is 0. The van der Waals surface area contributed by atoms with Crippen molar-refractivity contribution in [2.75, 3.05) is 39.3 Å². The van der Waals surface area contributed by atoms with Crippen molar-refractivity contribution in [1.82, 2.24) is 19.7 Å². The number of carbonyl (C=O) groups is 2. The van der Waals surface area contributed by atoms with Gasteiger partial charge in [0.2, 0.25) is 0 Å². The van der Waals surface area contributed by atoms with Crippen LogP contribution in [0.2, 0.25) is 5.02 Å². The van der Waals surface area contributed by atoms with E-state index in [0.29, 0.717) is 43.5 Å². The van der Waals surface area contributed by atoms with Gasteiger partial charge in [0.25, 0.3) is 11.8 Å². The topological polar surface area (TPSA) is 56.8 Å². The van der Waals surface area contributed by atoms with Gasteiger partial charge in [-0.15, -0.1) is 11.3 Å². The molecule has 0 radical (unpaired) electrons. The Hall–Kier alpha value is -2.81. The molecule has 6 nitrogen and oxygen atoms in total. The Morgan fingerprint density at radius 3 is 2.44 bits per heavy atom. The number of aromatic nitrogens is 1. The van der Waals surface area contributed by atoms with Crippen molar-refractivity contribution in [2.45, 2.75) is 13.0 Å². The van der Waals surface area contributed by atoms with E-state index >= 15 is 0 Å². The molecule has 2 saturated heterocycles. The highest BCUT2D eigenvalue weighted by Crippen LogP contribution is 2.29. The molecular formula is C25H24ClFN4O2S. The van der Waals surface area contributed by atoms with Crippen LogP contribution in [0.4, 0.5) is 4.39 Å². The van der Waals surface area contributed by atoms with E-state index in [4.69, 9.17) is 11.6 Å². The Balaban J connectivity index is 1.16. The molecule has 2 fully saturated rings. The van der Waals surface area contributed by atoms with E-state index in [2.05, 4.69) is 9.88 Å². The Labute approximate surface area is 206 Å². The summed E-state index contributed by atoms with van der Waals surface area (Å²) in [6.45, 7) is 6.27. The predicted molar refractivity (Wildman–Crippen MR) is 131 cm³/mol. The van der Waals surface area contributed by atoms with Crippen LogP contribution in [0.15, 0.2) is 47.3 Å². The van der Waals surface area contributed by atoms with Gasteiger partial charge in [0.1, 0.15) is 11.5 Å². The molecular weight excluding hydrogens is 475 g/mol. The number of piperazine rings is 1. The average Bonchev–Trinajstić information content (AvgIpc) is 3.35. The normalized spacial score (nSPS) is 17.0. The van der Waals surface area contributed by atoms with Gasteiger partial charge >= 0.3 is 0 Å². The van der Waals surface area contributed by atoms with Crippen LogP contribution in [0.1, 0.15) is 26.4 Å². The maximum Gasteiger partial charge on any atom is 0.273 e. The van der Waals surface area contributed by atoms with Crippen LogP contribution in [0, 0.1) is 12.7 Å². The zero-order chi connectivity index (χ0) is 23.8. The van der Waals surface area contributed by atoms with Gasteiger partial charge in [-0.25, -0.2) is 9.37 Å². The molecule has 5 rings (SSSR count). The van der Waals surface area contributed by atoms with E-state index < -0.39 is 5.82 Å². The number of carbonyl (C=O) groups excluding carboxylic acids is 2. The lowest BCUT2D eigenvalue weighted by Crippen LogP contribution is -2.64. The minimum atomic E-state index is -0.449. The van der Waals surface area contributed by atoms with Crippen LogP contribution >= 0.6 is 22.9 Å². The molecule has 3 heterocycles. The molecule has 2 aliphatic heterocycles. The van der Waals surface area contributed by atoms with E-state index in [9.17, 15) is 14.0 Å². The smallest absolute Gasteiger partial charge is 0.273 e. The van der Waals surface area contributed by atoms with Gasteiger partial charge in [-0.2, -0.15) is 0 Å². The van der Waals surface area contributed by atoms with Crippen molar-refractivity contribution in [3.05, 3.63) is 74.9 Å². The number of amides is 2. The first-order valence-corrected chi connectivity index (χ1v) is 12.5. The summed E-state index contributed by atoms with van der Waals surface area (Å²) in [6.07, 6.45) is 0. The van der Waals surface area contributed by atoms with Gasteiger partial charge in [-0.05, 0) is 47.9 Å². The third-order valence-corrected chi connectivity index (χ3v) is 7.50. The summed E-state index contributed by atoms with van der Waals surface area (Å²) < 4.78 is 13.5. The molecule has 1 aromatic heterocycles. The first kappa shape index (κ1) is 23.0. The molecule has 0 aliphatic carbocycles. The molecule has 2 amide bonds. The van der Waals surface area contributed by atoms with Crippen molar-refractivity contribution < 1.29 is 14.0 Å². The number of thiazole rings is 1. The molecule has 0 bridgehead atoms. The van der Waals surface area contributed by atoms with E-state index in [1.807, 2.05) is 34.9 Å². The third kappa shape index (κ3) is 4.45. The Morgan fingerprint density at radius 1 is 1.03 bits per heavy atom. The van der Waals surface area contributed by atoms with Crippen molar-refractivity contribution >= 4 is 34.8 Å². The molecule has 0 saturated carbocycles. The fourth-order valence-corrected chi connectivity index (χ4v) is 5.30. The summed E-state index contributed by atoms with van der Waals surface area (Å²) >= 11 is 7.36. The largest absolute Gasteiger partial charge is 0.335 e. The number of halogens is 2. The minimum Gasteiger partial charge on any atom is -0.335 e. The lowest BCUT2D eigenvalue weighted by Gasteiger charge is -2.48. The summed E-state index contributed by atoms with van der Waals surface area (Å²) in [5.74, 6) is -0.442. The molecule has 2 aromatic carbocycles. The standard InChI is InChI=1S/C25H24ClFN4O2S/c1-16-10-18(2-4-20(16)17-3-5-22(27)21(26)11-17)24(32)31-12-19(13-31)29-6-8-30(9-7-29)25(33)23-14-34-15-28-23/h2-5,10-11,14-15,19H,6-9,12-13H2,1H3. The van der Waals surface area contributed by atoms with E-state index in [-0.39, 0.29) is 16.8 Å². The number of nitrogens with zero attached hydrogens (tertiary/aromatic N) is 4. The summed E-state index contributed by atoms with van der Waals surface area (Å²) in [4.78, 5) is 35.7. The van der Waals surface area contributed by atoms with Crippen LogP contribution in [0.5, 0.6) is 0 Å². The fraction of sp³-hybridized carbons (Fsp3) is 0.320. The third-order valence-electron chi connectivity index (χ3n) is 6.62. The second-order valence-electron chi connectivity index (χ2n) is 8.72. The molecule has 9 heteroatoms. The summed E-state index contributed by atoms with van der Waals surface area (Å²) in [5.41, 5.74) is 5.52. The maximum atomic E-state index is 13.5. The first-order valence-electron chi connectivity index (χ1n) is 11.2. The van der Waals surface area contributed by atoms with Crippen LogP contribution in [-0.4, -0.2) is 76.8 Å². The lowest BCUT2D eigenvalue weighted by molar-refractivity contribution is 0.00843. The quantitative estimate of drug-likeness (QED) is 0.541. The Morgan fingerprint density at radius 2 is 1.79 bits per heavy atom. The van der Waals surface area contributed by atoms with Gasteiger partial charge in [0.15, 0.2) is 0 Å². The SMILES string of the molecule is Cc1cc(C(=O)N2CC(N3CCN(C(=O)c4cscn4)CC3)C2)ccc1-c1ccc(F)c(Cl)c1. The van der Waals surface area contributed by atoms with Gasteiger partial charge in [-0.1, -0.05) is 23.7 Å². The summed E-state index contributed by atoms with van der Waals surface area (Å²) in [5, 5.41) is 1.87. The maximum absolute atomic E-state index is 13.5. The molecule has 0 spiro atoms. The summed E-state index contributed by atoms with van der Waals surface area (Å²) in [7, 11) is 0. The number of aryl methyl sites for hydroxylation is 1. The van der Waals surface area contributed by atoms with Gasteiger partial charge in [0.05, 0.1) is 10.5 Å². The summed E-state index contributed by atoms with van der Waals surface area (Å²) in [6, 6.07) is 10.6. The van der Waals surface area contributed by atoms with Crippen molar-refractivity contribution in [2.24, 2.45) is 0 Å². The predicted octanol–water partition coefficient (Wildman–Crippen LogP) is 4.19. The highest BCUT2D eigenvalue weighted by atomic mass is 35.5. The van der Waals surface area contributed by atoms with E-state index in [1.54, 1.807) is 23.0 Å². The molecule has 0 N–H and O–H groups in total. The molecule has 0 atom stereocenters. The average molecular weight is 499 g/mol. The number of rotatable bonds is 4. The zero-order valence-electron chi connectivity index (χ0n) is 18.7. The van der Waals surface area contributed by atoms with Crippen LogP contribution in [-0.2, 0) is 0 Å². The second-order valence-corrected chi connectivity index (χ2v) is 9.85. The highest BCUT2D eigenvalue weighted by molar-refractivity contribution is 7.07. The van der Waals surface area contributed by atoms with E-state index in [0.717, 1.165) is 29.8 Å². The molecule has 34 heavy (non-hydrogen) atoms. The fourth-order valence-electron chi connectivity index (χ4n) is 4.59. The zero-order valence-corrected chi connectivity index (χ0v) is 20.3. The van der Waals surface area contributed by atoms with Crippen LogP contribution in [0.25, 0.3) is 11.1 Å².